The van der Waals surface area contributed by atoms with Crippen molar-refractivity contribution < 1.29 is 4.79 Å². The van der Waals surface area contributed by atoms with Crippen LogP contribution in [0.3, 0.4) is 0 Å². The average molecular weight is 359 g/mol. The molecule has 0 aliphatic carbocycles. The van der Waals surface area contributed by atoms with Crippen molar-refractivity contribution in [3.8, 4) is 0 Å². The molecule has 3 aromatic rings. The maximum absolute atomic E-state index is 12.0. The molecule has 0 unspecified atom stereocenters. The molecular weight excluding hydrogens is 347 g/mol. The largest absolute Gasteiger partial charge is 0.353 e. The molecule has 2 aromatic heterocycles. The first-order chi connectivity index (χ1) is 11.6. The zero-order valence-corrected chi connectivity index (χ0v) is 13.8. The van der Waals surface area contributed by atoms with Crippen LogP contribution in [0.25, 0.3) is 0 Å². The van der Waals surface area contributed by atoms with Gasteiger partial charge in [-0.2, -0.15) is 0 Å². The number of benzene rings is 1. The molecule has 0 atom stereocenters. The van der Waals surface area contributed by atoms with Crippen LogP contribution in [0.2, 0.25) is 10.0 Å². The van der Waals surface area contributed by atoms with Gasteiger partial charge in [0.1, 0.15) is 5.82 Å². The van der Waals surface area contributed by atoms with Crippen molar-refractivity contribution in [3.05, 3.63) is 76.7 Å². The lowest BCUT2D eigenvalue weighted by Crippen LogP contribution is -2.13. The van der Waals surface area contributed by atoms with Crippen molar-refractivity contribution >= 4 is 46.3 Å². The number of carbonyl (C=O) groups is 1. The number of carbonyl (C=O) groups excluding carboxylic acids is 1. The number of amides is 1. The summed E-state index contributed by atoms with van der Waals surface area (Å²) in [6, 6.07) is 12.0. The predicted molar refractivity (Wildman–Crippen MR) is 96.2 cm³/mol. The highest BCUT2D eigenvalue weighted by Gasteiger charge is 2.07. The molecule has 0 fully saturated rings. The number of hydrogen-bond acceptors (Lipinski definition) is 4. The number of aromatic nitrogens is 2. The smallest absolute Gasteiger partial charge is 0.258 e. The standard InChI is InChI=1S/C17H12Cl2N4O/c18-12-3-5-14(19)15(8-12)22-13-4-6-16(21-10-13)23-17(24)11-2-1-7-20-9-11/h1-10,22H,(H,21,23,24). The molecule has 1 aromatic carbocycles. The van der Waals surface area contributed by atoms with Crippen molar-refractivity contribution in [2.24, 2.45) is 0 Å². The predicted octanol–water partition coefficient (Wildman–Crippen LogP) is 4.78. The molecule has 0 bridgehead atoms. The van der Waals surface area contributed by atoms with Gasteiger partial charge in [0.05, 0.1) is 28.2 Å². The maximum atomic E-state index is 12.0. The van der Waals surface area contributed by atoms with Crippen LogP contribution in [0, 0.1) is 0 Å². The van der Waals surface area contributed by atoms with Gasteiger partial charge in [0, 0.05) is 17.4 Å². The maximum Gasteiger partial charge on any atom is 0.258 e. The van der Waals surface area contributed by atoms with Crippen molar-refractivity contribution in [1.82, 2.24) is 9.97 Å². The first-order valence-corrected chi connectivity index (χ1v) is 7.77. The molecule has 0 saturated carbocycles. The summed E-state index contributed by atoms with van der Waals surface area (Å²) in [5, 5.41) is 6.96. The van der Waals surface area contributed by atoms with Crippen LogP contribution in [0.15, 0.2) is 61.1 Å². The Hall–Kier alpha value is -2.63. The number of rotatable bonds is 4. The van der Waals surface area contributed by atoms with E-state index >= 15 is 0 Å². The van der Waals surface area contributed by atoms with Gasteiger partial charge in [-0.1, -0.05) is 23.2 Å². The highest BCUT2D eigenvalue weighted by Crippen LogP contribution is 2.28. The second-order valence-electron chi connectivity index (χ2n) is 4.88. The Morgan fingerprint density at radius 1 is 1.04 bits per heavy atom. The fraction of sp³-hybridized carbons (Fsp3) is 0. The molecule has 0 saturated heterocycles. The lowest BCUT2D eigenvalue weighted by atomic mass is 10.2. The van der Waals surface area contributed by atoms with Gasteiger partial charge < -0.3 is 10.6 Å². The number of anilines is 3. The third kappa shape index (κ3) is 4.01. The second kappa shape index (κ2) is 7.29. The molecular formula is C17H12Cl2N4O. The number of nitrogens with one attached hydrogen (secondary N) is 2. The summed E-state index contributed by atoms with van der Waals surface area (Å²) in [5.41, 5.74) is 1.86. The molecule has 0 aliphatic heterocycles. The van der Waals surface area contributed by atoms with Crippen molar-refractivity contribution in [2.45, 2.75) is 0 Å². The minimum absolute atomic E-state index is 0.269. The van der Waals surface area contributed by atoms with Crippen molar-refractivity contribution in [1.29, 1.82) is 0 Å². The van der Waals surface area contributed by atoms with Gasteiger partial charge in [0.2, 0.25) is 0 Å². The first kappa shape index (κ1) is 16.2. The number of hydrogen-bond donors (Lipinski definition) is 2. The van der Waals surface area contributed by atoms with E-state index in [1.165, 1.54) is 6.20 Å². The Kier molecular flexibility index (Phi) is 4.93. The SMILES string of the molecule is O=C(Nc1ccc(Nc2cc(Cl)ccc2Cl)cn1)c1cccnc1. The molecule has 2 heterocycles. The molecule has 0 radical (unpaired) electrons. The summed E-state index contributed by atoms with van der Waals surface area (Å²) < 4.78 is 0. The van der Waals surface area contributed by atoms with Crippen LogP contribution in [0.1, 0.15) is 10.4 Å². The topological polar surface area (TPSA) is 66.9 Å². The van der Waals surface area contributed by atoms with Gasteiger partial charge in [0.15, 0.2) is 0 Å². The minimum Gasteiger partial charge on any atom is -0.353 e. The van der Waals surface area contributed by atoms with Crippen LogP contribution < -0.4 is 10.6 Å². The van der Waals surface area contributed by atoms with E-state index < -0.39 is 0 Å². The number of pyridine rings is 2. The minimum atomic E-state index is -0.269. The summed E-state index contributed by atoms with van der Waals surface area (Å²) >= 11 is 12.1. The molecule has 7 heteroatoms. The Morgan fingerprint density at radius 2 is 1.92 bits per heavy atom. The van der Waals surface area contributed by atoms with Crippen LogP contribution in [-0.4, -0.2) is 15.9 Å². The van der Waals surface area contributed by atoms with Gasteiger partial charge >= 0.3 is 0 Å². The highest BCUT2D eigenvalue weighted by molar-refractivity contribution is 6.35. The molecule has 5 nitrogen and oxygen atoms in total. The van der Waals surface area contributed by atoms with Crippen LogP contribution >= 0.6 is 23.2 Å². The van der Waals surface area contributed by atoms with Gasteiger partial charge in [-0.15, -0.1) is 0 Å². The molecule has 120 valence electrons. The number of nitrogens with zero attached hydrogens (tertiary/aromatic N) is 2. The lowest BCUT2D eigenvalue weighted by Gasteiger charge is -2.09. The fourth-order valence-corrected chi connectivity index (χ4v) is 2.31. The molecule has 0 aliphatic rings. The van der Waals surface area contributed by atoms with Crippen molar-refractivity contribution in [3.63, 3.8) is 0 Å². The van der Waals surface area contributed by atoms with E-state index in [1.54, 1.807) is 54.9 Å². The third-order valence-electron chi connectivity index (χ3n) is 3.14. The van der Waals surface area contributed by atoms with Gasteiger partial charge in [0.25, 0.3) is 5.91 Å². The van der Waals surface area contributed by atoms with E-state index in [1.807, 2.05) is 0 Å². The Balaban J connectivity index is 1.69. The molecule has 1 amide bonds. The van der Waals surface area contributed by atoms with E-state index in [0.29, 0.717) is 27.1 Å². The molecule has 2 N–H and O–H groups in total. The quantitative estimate of drug-likeness (QED) is 0.704. The second-order valence-corrected chi connectivity index (χ2v) is 5.72. The van der Waals surface area contributed by atoms with E-state index in [0.717, 1.165) is 5.69 Å². The highest BCUT2D eigenvalue weighted by atomic mass is 35.5. The van der Waals surface area contributed by atoms with Crippen molar-refractivity contribution in [2.75, 3.05) is 10.6 Å². The van der Waals surface area contributed by atoms with E-state index in [4.69, 9.17) is 23.2 Å². The van der Waals surface area contributed by atoms with E-state index in [-0.39, 0.29) is 5.91 Å². The van der Waals surface area contributed by atoms with Crippen LogP contribution in [0.5, 0.6) is 0 Å². The Bertz CT molecular complexity index is 854. The molecule has 0 spiro atoms. The first-order valence-electron chi connectivity index (χ1n) is 7.01. The zero-order chi connectivity index (χ0) is 16.9. The summed E-state index contributed by atoms with van der Waals surface area (Å²) in [4.78, 5) is 20.1. The Morgan fingerprint density at radius 3 is 2.62 bits per heavy atom. The fourth-order valence-electron chi connectivity index (χ4n) is 1.98. The number of halogens is 2. The third-order valence-corrected chi connectivity index (χ3v) is 3.70. The summed E-state index contributed by atoms with van der Waals surface area (Å²) in [5.74, 6) is 0.167. The van der Waals surface area contributed by atoms with Gasteiger partial charge in [-0.3, -0.25) is 9.78 Å². The van der Waals surface area contributed by atoms with Gasteiger partial charge in [-0.25, -0.2) is 4.98 Å². The summed E-state index contributed by atoms with van der Waals surface area (Å²) in [7, 11) is 0. The van der Waals surface area contributed by atoms with Gasteiger partial charge in [-0.05, 0) is 42.5 Å². The summed E-state index contributed by atoms with van der Waals surface area (Å²) in [6.07, 6.45) is 4.69. The van der Waals surface area contributed by atoms with E-state index in [9.17, 15) is 4.79 Å². The average Bonchev–Trinajstić information content (AvgIpc) is 2.60. The molecule has 24 heavy (non-hydrogen) atoms. The normalized spacial score (nSPS) is 10.2. The van der Waals surface area contributed by atoms with Crippen LogP contribution in [-0.2, 0) is 0 Å². The zero-order valence-electron chi connectivity index (χ0n) is 12.3. The van der Waals surface area contributed by atoms with Crippen LogP contribution in [0.4, 0.5) is 17.2 Å². The summed E-state index contributed by atoms with van der Waals surface area (Å²) in [6.45, 7) is 0. The van der Waals surface area contributed by atoms with E-state index in [2.05, 4.69) is 20.6 Å². The Labute approximate surface area is 148 Å². The monoisotopic (exact) mass is 358 g/mol. The lowest BCUT2D eigenvalue weighted by molar-refractivity contribution is 0.102. The molecule has 3 rings (SSSR count).